The quantitative estimate of drug-likeness (QED) is 0.599. The molecule has 0 radical (unpaired) electrons. The Kier molecular flexibility index (Phi) is 6.60. The normalized spacial score (nSPS) is 17.5. The Hall–Kier alpha value is -2.41. The van der Waals surface area contributed by atoms with Crippen molar-refractivity contribution in [3.8, 4) is 0 Å². The number of piperidine rings is 1. The molecule has 0 bridgehead atoms. The second-order valence-corrected chi connectivity index (χ2v) is 10.4. The molecule has 7 heteroatoms. The smallest absolute Gasteiger partial charge is 0.224 e. The second kappa shape index (κ2) is 9.39. The molecule has 1 aliphatic rings. The van der Waals surface area contributed by atoms with E-state index in [1.54, 1.807) is 24.3 Å². The van der Waals surface area contributed by atoms with Gasteiger partial charge in [0.25, 0.3) is 0 Å². The summed E-state index contributed by atoms with van der Waals surface area (Å²) in [6.07, 6.45) is 1.36. The van der Waals surface area contributed by atoms with Crippen molar-refractivity contribution in [1.82, 2.24) is 9.62 Å². The van der Waals surface area contributed by atoms with Crippen molar-refractivity contribution in [3.63, 3.8) is 0 Å². The number of halogens is 1. The summed E-state index contributed by atoms with van der Waals surface area (Å²) in [5.74, 6) is -0.557. The number of rotatable bonds is 6. The fraction of sp³-hybridized carbons (Fsp3) is 0.292. The number of carbonyl (C=O) groups excluding carboxylic acids is 1. The van der Waals surface area contributed by atoms with Crippen molar-refractivity contribution in [2.75, 3.05) is 13.1 Å². The van der Waals surface area contributed by atoms with E-state index < -0.39 is 10.0 Å². The minimum Gasteiger partial charge on any atom is -0.352 e. The number of amides is 1. The number of hydrogen-bond donors (Lipinski definition) is 1. The zero-order valence-corrected chi connectivity index (χ0v) is 18.7. The molecule has 0 spiro atoms. The number of fused-ring (bicyclic) bond motifs is 1. The van der Waals surface area contributed by atoms with Gasteiger partial charge in [-0.2, -0.15) is 0 Å². The first kappa shape index (κ1) is 21.8. The minimum atomic E-state index is -3.52. The van der Waals surface area contributed by atoms with Crippen molar-refractivity contribution in [2.24, 2.45) is 5.92 Å². The van der Waals surface area contributed by atoms with E-state index in [-0.39, 0.29) is 24.1 Å². The van der Waals surface area contributed by atoms with Crippen LogP contribution in [0, 0.1) is 5.92 Å². The maximum atomic E-state index is 12.9. The average Bonchev–Trinajstić information content (AvgIpc) is 2.77. The summed E-state index contributed by atoms with van der Waals surface area (Å²) < 4.78 is 27.2. The molecule has 3 aromatic rings. The van der Waals surface area contributed by atoms with Crippen molar-refractivity contribution >= 4 is 38.3 Å². The van der Waals surface area contributed by atoms with Gasteiger partial charge in [-0.25, -0.2) is 12.7 Å². The minimum absolute atomic E-state index is 0.101. The Morgan fingerprint density at radius 2 is 1.81 bits per heavy atom. The van der Waals surface area contributed by atoms with Crippen molar-refractivity contribution in [1.29, 1.82) is 0 Å². The van der Waals surface area contributed by atoms with Crippen LogP contribution in [-0.4, -0.2) is 31.7 Å². The highest BCUT2D eigenvalue weighted by Crippen LogP contribution is 2.23. The summed E-state index contributed by atoms with van der Waals surface area (Å²) in [5, 5.41) is 5.78. The third-order valence-corrected chi connectivity index (χ3v) is 7.72. The van der Waals surface area contributed by atoms with Gasteiger partial charge in [-0.1, -0.05) is 60.1 Å². The highest BCUT2D eigenvalue weighted by Gasteiger charge is 2.32. The number of nitrogens with zero attached hydrogens (tertiary/aromatic N) is 1. The number of benzene rings is 3. The zero-order chi connectivity index (χ0) is 21.8. The van der Waals surface area contributed by atoms with Crippen LogP contribution < -0.4 is 5.32 Å². The number of carbonyl (C=O) groups is 1. The molecule has 31 heavy (non-hydrogen) atoms. The molecule has 3 aromatic carbocycles. The molecule has 1 saturated heterocycles. The first-order valence-electron chi connectivity index (χ1n) is 10.4. The van der Waals surface area contributed by atoms with E-state index in [4.69, 9.17) is 11.6 Å². The highest BCUT2D eigenvalue weighted by atomic mass is 35.5. The summed E-state index contributed by atoms with van der Waals surface area (Å²) in [6, 6.07) is 21.1. The van der Waals surface area contributed by atoms with Crippen LogP contribution >= 0.6 is 11.6 Å². The molecule has 4 rings (SSSR count). The van der Waals surface area contributed by atoms with Crippen molar-refractivity contribution in [3.05, 3.63) is 82.9 Å². The standard InChI is InChI=1S/C24H25ClN2O3S/c25-23-9-3-5-19(14-23)17-31(29,30)27-12-4-8-22(16-27)24(28)26-15-18-10-11-20-6-1-2-7-21(20)13-18/h1-3,5-7,9-11,13-14,22H,4,8,12,15-17H2,(H,26,28)/t22-/m0/s1. The number of nitrogens with one attached hydrogen (secondary N) is 1. The van der Waals surface area contributed by atoms with Crippen LogP contribution in [0.25, 0.3) is 10.8 Å². The predicted octanol–water partition coefficient (Wildman–Crippen LogP) is 4.35. The summed E-state index contributed by atoms with van der Waals surface area (Å²) in [4.78, 5) is 12.8. The molecule has 1 amide bonds. The lowest BCUT2D eigenvalue weighted by Crippen LogP contribution is -2.45. The Labute approximate surface area is 188 Å². The van der Waals surface area contributed by atoms with E-state index >= 15 is 0 Å². The maximum Gasteiger partial charge on any atom is 0.224 e. The van der Waals surface area contributed by atoms with Gasteiger partial charge < -0.3 is 5.32 Å². The van der Waals surface area contributed by atoms with Gasteiger partial charge in [-0.3, -0.25) is 4.79 Å². The summed E-state index contributed by atoms with van der Waals surface area (Å²) in [7, 11) is -3.52. The molecule has 1 aliphatic heterocycles. The lowest BCUT2D eigenvalue weighted by atomic mass is 9.98. The average molecular weight is 457 g/mol. The number of hydrogen-bond acceptors (Lipinski definition) is 3. The van der Waals surface area contributed by atoms with Gasteiger partial charge in [0.2, 0.25) is 15.9 Å². The fourth-order valence-electron chi connectivity index (χ4n) is 4.02. The molecule has 5 nitrogen and oxygen atoms in total. The molecule has 0 aromatic heterocycles. The Balaban J connectivity index is 1.37. The molecule has 0 unspecified atom stereocenters. The van der Waals surface area contributed by atoms with E-state index in [0.717, 1.165) is 16.3 Å². The highest BCUT2D eigenvalue weighted by molar-refractivity contribution is 7.88. The van der Waals surface area contributed by atoms with Gasteiger partial charge in [-0.15, -0.1) is 0 Å². The first-order chi connectivity index (χ1) is 14.9. The van der Waals surface area contributed by atoms with Gasteiger partial charge in [0.05, 0.1) is 11.7 Å². The molecular formula is C24H25ClN2O3S. The van der Waals surface area contributed by atoms with E-state index in [2.05, 4.69) is 17.4 Å². The third kappa shape index (κ3) is 5.45. The Bertz CT molecular complexity index is 1200. The lowest BCUT2D eigenvalue weighted by Gasteiger charge is -2.31. The van der Waals surface area contributed by atoms with Gasteiger partial charge in [0.1, 0.15) is 0 Å². The molecule has 1 fully saturated rings. The lowest BCUT2D eigenvalue weighted by molar-refractivity contribution is -0.126. The van der Waals surface area contributed by atoms with Gasteiger partial charge >= 0.3 is 0 Å². The molecule has 162 valence electrons. The van der Waals surface area contributed by atoms with Crippen LogP contribution in [0.15, 0.2) is 66.7 Å². The van der Waals surface area contributed by atoms with E-state index in [1.165, 1.54) is 4.31 Å². The molecule has 0 saturated carbocycles. The summed E-state index contributed by atoms with van der Waals surface area (Å²) in [5.41, 5.74) is 1.67. The van der Waals surface area contributed by atoms with Crippen LogP contribution in [-0.2, 0) is 27.1 Å². The van der Waals surface area contributed by atoms with Gasteiger partial charge in [0.15, 0.2) is 0 Å². The monoisotopic (exact) mass is 456 g/mol. The van der Waals surface area contributed by atoms with Gasteiger partial charge in [0, 0.05) is 24.7 Å². The van der Waals surface area contributed by atoms with Crippen LogP contribution in [0.4, 0.5) is 0 Å². The van der Waals surface area contributed by atoms with Crippen molar-refractivity contribution in [2.45, 2.75) is 25.1 Å². The van der Waals surface area contributed by atoms with E-state index in [1.807, 2.05) is 30.3 Å². The zero-order valence-electron chi connectivity index (χ0n) is 17.1. The predicted molar refractivity (Wildman–Crippen MR) is 124 cm³/mol. The second-order valence-electron chi connectivity index (χ2n) is 7.98. The molecule has 1 N–H and O–H groups in total. The number of sulfonamides is 1. The van der Waals surface area contributed by atoms with Crippen LogP contribution in [0.2, 0.25) is 5.02 Å². The third-order valence-electron chi connectivity index (χ3n) is 5.67. The maximum absolute atomic E-state index is 12.9. The van der Waals surface area contributed by atoms with E-state index in [9.17, 15) is 13.2 Å². The molecule has 1 atom stereocenters. The first-order valence-corrected chi connectivity index (χ1v) is 12.4. The van der Waals surface area contributed by atoms with E-state index in [0.29, 0.717) is 36.5 Å². The molecular weight excluding hydrogens is 432 g/mol. The largest absolute Gasteiger partial charge is 0.352 e. The van der Waals surface area contributed by atoms with Crippen LogP contribution in [0.5, 0.6) is 0 Å². The Morgan fingerprint density at radius 1 is 1.00 bits per heavy atom. The molecule has 1 heterocycles. The van der Waals surface area contributed by atoms with Crippen LogP contribution in [0.3, 0.4) is 0 Å². The topological polar surface area (TPSA) is 66.5 Å². The fourth-order valence-corrected chi connectivity index (χ4v) is 5.83. The summed E-state index contributed by atoms with van der Waals surface area (Å²) >= 11 is 5.98. The SMILES string of the molecule is O=C(NCc1ccc2ccccc2c1)[C@H]1CCCN(S(=O)(=O)Cc2cccc(Cl)c2)C1. The van der Waals surface area contributed by atoms with Crippen molar-refractivity contribution < 1.29 is 13.2 Å². The van der Waals surface area contributed by atoms with Gasteiger partial charge in [-0.05, 0) is 52.9 Å². The van der Waals surface area contributed by atoms with Crippen LogP contribution in [0.1, 0.15) is 24.0 Å². The Morgan fingerprint density at radius 3 is 2.61 bits per heavy atom. The summed E-state index contributed by atoms with van der Waals surface area (Å²) in [6.45, 7) is 1.08. The molecule has 0 aliphatic carbocycles.